The third kappa shape index (κ3) is 3.32. The molecule has 0 saturated carbocycles. The number of nitrogens with zero attached hydrogens (tertiary/aromatic N) is 4. The predicted molar refractivity (Wildman–Crippen MR) is 105 cm³/mol. The van der Waals surface area contributed by atoms with E-state index in [9.17, 15) is 4.79 Å². The molecular formula is C18H17N7OS. The van der Waals surface area contributed by atoms with Gasteiger partial charge in [0.15, 0.2) is 0 Å². The zero-order valence-electron chi connectivity index (χ0n) is 14.7. The van der Waals surface area contributed by atoms with E-state index < -0.39 is 0 Å². The van der Waals surface area contributed by atoms with Crippen molar-refractivity contribution in [1.82, 2.24) is 24.7 Å². The van der Waals surface area contributed by atoms with Crippen LogP contribution in [0.25, 0.3) is 11.3 Å². The van der Waals surface area contributed by atoms with Crippen LogP contribution in [0.3, 0.4) is 0 Å². The van der Waals surface area contributed by atoms with Crippen LogP contribution in [-0.4, -0.2) is 30.6 Å². The summed E-state index contributed by atoms with van der Waals surface area (Å²) in [4.78, 5) is 25.6. The molecule has 0 bridgehead atoms. The highest BCUT2D eigenvalue weighted by atomic mass is 32.1. The Bertz CT molecular complexity index is 1090. The summed E-state index contributed by atoms with van der Waals surface area (Å²) in [6, 6.07) is 9.63. The minimum atomic E-state index is -0.279. The first-order chi connectivity index (χ1) is 13.0. The van der Waals surface area contributed by atoms with Crippen LogP contribution in [0.2, 0.25) is 0 Å². The number of carbonyl (C=O) groups is 1. The highest BCUT2D eigenvalue weighted by Gasteiger charge is 2.19. The van der Waals surface area contributed by atoms with Crippen molar-refractivity contribution in [2.24, 2.45) is 0 Å². The van der Waals surface area contributed by atoms with E-state index in [1.165, 1.54) is 11.3 Å². The Kier molecular flexibility index (Phi) is 4.21. The number of rotatable bonds is 4. The number of nitrogen functional groups attached to an aromatic ring is 1. The molecule has 27 heavy (non-hydrogen) atoms. The van der Waals surface area contributed by atoms with E-state index in [2.05, 4.69) is 25.4 Å². The fourth-order valence-electron chi connectivity index (χ4n) is 2.75. The Morgan fingerprint density at radius 3 is 2.67 bits per heavy atom. The maximum atomic E-state index is 12.7. The maximum Gasteiger partial charge on any atom is 0.291 e. The first kappa shape index (κ1) is 17.0. The van der Waals surface area contributed by atoms with Gasteiger partial charge in [-0.2, -0.15) is 9.67 Å². The quantitative estimate of drug-likeness (QED) is 0.501. The molecule has 3 aromatic heterocycles. The highest BCUT2D eigenvalue weighted by Crippen LogP contribution is 2.24. The molecule has 0 radical (unpaired) electrons. The smallest absolute Gasteiger partial charge is 0.291 e. The molecule has 3 heterocycles. The number of anilines is 3. The molecule has 8 nitrogen and oxygen atoms in total. The number of aromatic nitrogens is 5. The molecule has 4 aromatic rings. The Labute approximate surface area is 159 Å². The molecule has 0 fully saturated rings. The molecular weight excluding hydrogens is 362 g/mol. The number of benzene rings is 1. The third-order valence-corrected chi connectivity index (χ3v) is 5.15. The summed E-state index contributed by atoms with van der Waals surface area (Å²) in [5.74, 6) is 0.0290. The van der Waals surface area contributed by atoms with Gasteiger partial charge in [0.1, 0.15) is 0 Å². The standard InChI is InChI=1S/C18H17N7OS/c1-10-7-11(2)27-15(10)16(26)25-17(19)23-18(24-25)22-13-5-3-12(4-6-13)14-8-20-9-21-14/h3-9H,1-2H3,(H,20,21)(H3,19,22,23,24). The van der Waals surface area contributed by atoms with Crippen LogP contribution in [0.4, 0.5) is 17.6 Å². The number of hydrogen-bond acceptors (Lipinski definition) is 7. The number of aryl methyl sites for hydroxylation is 2. The molecule has 0 aliphatic heterocycles. The van der Waals surface area contributed by atoms with Crippen LogP contribution in [0, 0.1) is 13.8 Å². The second-order valence-electron chi connectivity index (χ2n) is 6.05. The molecule has 1 aromatic carbocycles. The molecule has 4 N–H and O–H groups in total. The second kappa shape index (κ2) is 6.69. The number of imidazole rings is 1. The van der Waals surface area contributed by atoms with Crippen LogP contribution >= 0.6 is 11.3 Å². The number of aromatic amines is 1. The van der Waals surface area contributed by atoms with Crippen LogP contribution in [-0.2, 0) is 0 Å². The van der Waals surface area contributed by atoms with Gasteiger partial charge < -0.3 is 16.0 Å². The lowest BCUT2D eigenvalue weighted by Gasteiger charge is -2.03. The van der Waals surface area contributed by atoms with E-state index in [4.69, 9.17) is 5.73 Å². The molecule has 0 spiro atoms. The lowest BCUT2D eigenvalue weighted by Crippen LogP contribution is -2.16. The highest BCUT2D eigenvalue weighted by molar-refractivity contribution is 7.14. The molecule has 136 valence electrons. The van der Waals surface area contributed by atoms with Crippen LogP contribution in [0.15, 0.2) is 42.9 Å². The minimum Gasteiger partial charge on any atom is -0.368 e. The maximum absolute atomic E-state index is 12.7. The summed E-state index contributed by atoms with van der Waals surface area (Å²) in [6.07, 6.45) is 3.39. The molecule has 0 aliphatic carbocycles. The van der Waals surface area contributed by atoms with Gasteiger partial charge in [-0.1, -0.05) is 12.1 Å². The fourth-order valence-corrected chi connectivity index (χ4v) is 3.70. The van der Waals surface area contributed by atoms with E-state index in [0.717, 1.165) is 32.1 Å². The molecule has 0 atom stereocenters. The summed E-state index contributed by atoms with van der Waals surface area (Å²) in [7, 11) is 0. The summed E-state index contributed by atoms with van der Waals surface area (Å²) >= 11 is 1.42. The van der Waals surface area contributed by atoms with Gasteiger partial charge in [0.2, 0.25) is 11.9 Å². The van der Waals surface area contributed by atoms with Crippen molar-refractivity contribution < 1.29 is 4.79 Å². The predicted octanol–water partition coefficient (Wildman–Crippen LogP) is 3.36. The number of nitrogens with one attached hydrogen (secondary N) is 2. The second-order valence-corrected chi connectivity index (χ2v) is 7.30. The number of nitrogens with two attached hydrogens (primary N) is 1. The normalized spacial score (nSPS) is 10.9. The summed E-state index contributed by atoms with van der Waals surface area (Å²) < 4.78 is 1.12. The summed E-state index contributed by atoms with van der Waals surface area (Å²) in [5, 5.41) is 7.28. The first-order valence-electron chi connectivity index (χ1n) is 8.21. The summed E-state index contributed by atoms with van der Waals surface area (Å²) in [6.45, 7) is 3.85. The SMILES string of the molecule is Cc1cc(C)c(C(=O)n2nc(Nc3ccc(-c4cnc[nH]4)cc3)nc2N)s1. The molecule has 4 rings (SSSR count). The largest absolute Gasteiger partial charge is 0.368 e. The molecule has 9 heteroatoms. The average Bonchev–Trinajstić information content (AvgIpc) is 3.36. The van der Waals surface area contributed by atoms with Crippen molar-refractivity contribution in [2.75, 3.05) is 11.1 Å². The van der Waals surface area contributed by atoms with Crippen molar-refractivity contribution in [3.8, 4) is 11.3 Å². The minimum absolute atomic E-state index is 0.0435. The van der Waals surface area contributed by atoms with E-state index in [0.29, 0.717) is 4.88 Å². The number of H-pyrrole nitrogens is 1. The first-order valence-corrected chi connectivity index (χ1v) is 9.03. The van der Waals surface area contributed by atoms with Crippen molar-refractivity contribution >= 4 is 34.8 Å². The lowest BCUT2D eigenvalue weighted by molar-refractivity contribution is 0.0951. The summed E-state index contributed by atoms with van der Waals surface area (Å²) in [5.41, 5.74) is 9.53. The van der Waals surface area contributed by atoms with Crippen molar-refractivity contribution in [3.63, 3.8) is 0 Å². The Morgan fingerprint density at radius 2 is 2.04 bits per heavy atom. The van der Waals surface area contributed by atoms with Gasteiger partial charge in [-0.25, -0.2) is 4.98 Å². The van der Waals surface area contributed by atoms with Gasteiger partial charge in [-0.3, -0.25) is 4.79 Å². The Morgan fingerprint density at radius 1 is 1.26 bits per heavy atom. The topological polar surface area (TPSA) is 115 Å². The van der Waals surface area contributed by atoms with E-state index in [1.54, 1.807) is 12.5 Å². The van der Waals surface area contributed by atoms with Crippen LogP contribution in [0.5, 0.6) is 0 Å². The van der Waals surface area contributed by atoms with Gasteiger partial charge in [0.25, 0.3) is 5.91 Å². The van der Waals surface area contributed by atoms with Crippen molar-refractivity contribution in [3.05, 3.63) is 58.2 Å². The molecule has 0 amide bonds. The molecule has 0 aliphatic rings. The number of carbonyl (C=O) groups excluding carboxylic acids is 1. The van der Waals surface area contributed by atoms with Crippen LogP contribution < -0.4 is 11.1 Å². The van der Waals surface area contributed by atoms with Gasteiger partial charge in [0, 0.05) is 10.6 Å². The number of hydrogen-bond donors (Lipinski definition) is 3. The van der Waals surface area contributed by atoms with E-state index >= 15 is 0 Å². The van der Waals surface area contributed by atoms with Gasteiger partial charge in [-0.05, 0) is 43.2 Å². The lowest BCUT2D eigenvalue weighted by atomic mass is 10.1. The van der Waals surface area contributed by atoms with Gasteiger partial charge >= 0.3 is 0 Å². The monoisotopic (exact) mass is 379 g/mol. The van der Waals surface area contributed by atoms with Gasteiger partial charge in [0.05, 0.1) is 23.1 Å². The third-order valence-electron chi connectivity index (χ3n) is 4.01. The molecule has 0 unspecified atom stereocenters. The van der Waals surface area contributed by atoms with E-state index in [-0.39, 0.29) is 17.8 Å². The molecule has 0 saturated heterocycles. The Balaban J connectivity index is 1.55. The van der Waals surface area contributed by atoms with Crippen LogP contribution in [0.1, 0.15) is 20.1 Å². The fraction of sp³-hybridized carbons (Fsp3) is 0.111. The average molecular weight is 379 g/mol. The zero-order chi connectivity index (χ0) is 19.0. The number of thiophene rings is 1. The van der Waals surface area contributed by atoms with Crippen molar-refractivity contribution in [2.45, 2.75) is 13.8 Å². The van der Waals surface area contributed by atoms with Crippen molar-refractivity contribution in [1.29, 1.82) is 0 Å². The van der Waals surface area contributed by atoms with Gasteiger partial charge in [-0.15, -0.1) is 16.4 Å². The Hall–Kier alpha value is -3.46. The zero-order valence-corrected chi connectivity index (χ0v) is 15.5. The van der Waals surface area contributed by atoms with E-state index in [1.807, 2.05) is 44.2 Å².